The quantitative estimate of drug-likeness (QED) is 0.848. The average molecular weight is 262 g/mol. The maximum absolute atomic E-state index is 11.9. The fraction of sp³-hybridized carbons (Fsp3) is 0.533. The maximum Gasteiger partial charge on any atom is 0.260 e. The highest BCUT2D eigenvalue weighted by Gasteiger charge is 2.29. The van der Waals surface area contributed by atoms with Gasteiger partial charge in [0.25, 0.3) is 5.91 Å². The molecule has 0 radical (unpaired) electrons. The zero-order valence-corrected chi connectivity index (χ0v) is 11.9. The number of benzene rings is 1. The summed E-state index contributed by atoms with van der Waals surface area (Å²) in [7, 11) is 3.76. The Hall–Kier alpha value is -1.55. The van der Waals surface area contributed by atoms with E-state index in [0.717, 1.165) is 30.7 Å². The Kier molecular flexibility index (Phi) is 4.43. The number of carbonyl (C=O) groups is 1. The van der Waals surface area contributed by atoms with Gasteiger partial charge in [-0.15, -0.1) is 0 Å². The van der Waals surface area contributed by atoms with E-state index in [1.165, 1.54) is 5.56 Å². The van der Waals surface area contributed by atoms with Gasteiger partial charge in [0.15, 0.2) is 6.61 Å². The van der Waals surface area contributed by atoms with E-state index in [9.17, 15) is 4.79 Å². The number of amides is 1. The molecule has 0 bridgehead atoms. The minimum absolute atomic E-state index is 0.0542. The number of nitrogens with one attached hydrogen (secondary N) is 1. The molecule has 1 saturated carbocycles. The number of ether oxygens (including phenoxy) is 1. The second-order valence-electron chi connectivity index (χ2n) is 5.17. The summed E-state index contributed by atoms with van der Waals surface area (Å²) in [5.41, 5.74) is 2.28. The Bertz CT molecular complexity index is 455. The van der Waals surface area contributed by atoms with Crippen LogP contribution in [-0.2, 0) is 11.3 Å². The SMILES string of the molecule is CNCc1cc(C)ccc1OCC(=O)N(C)C1CC1. The van der Waals surface area contributed by atoms with Crippen molar-refractivity contribution in [2.75, 3.05) is 20.7 Å². The number of nitrogens with zero attached hydrogens (tertiary/aromatic N) is 1. The largest absolute Gasteiger partial charge is 0.483 e. The zero-order chi connectivity index (χ0) is 13.8. The standard InChI is InChI=1S/C15H22N2O2/c1-11-4-7-14(12(8-11)9-16-2)19-10-15(18)17(3)13-5-6-13/h4,7-8,13,16H,5-6,9-10H2,1-3H3. The fourth-order valence-electron chi connectivity index (χ4n) is 2.08. The highest BCUT2D eigenvalue weighted by Crippen LogP contribution is 2.25. The van der Waals surface area contributed by atoms with Gasteiger partial charge in [-0.3, -0.25) is 4.79 Å². The van der Waals surface area contributed by atoms with Gasteiger partial charge in [0.2, 0.25) is 0 Å². The van der Waals surface area contributed by atoms with Crippen molar-refractivity contribution >= 4 is 5.91 Å². The van der Waals surface area contributed by atoms with E-state index < -0.39 is 0 Å². The predicted octanol–water partition coefficient (Wildman–Crippen LogP) is 1.71. The summed E-state index contributed by atoms with van der Waals surface area (Å²) in [5, 5.41) is 3.11. The molecule has 1 amide bonds. The normalized spacial score (nSPS) is 14.3. The van der Waals surface area contributed by atoms with Crippen molar-refractivity contribution < 1.29 is 9.53 Å². The molecule has 1 aromatic carbocycles. The summed E-state index contributed by atoms with van der Waals surface area (Å²) in [4.78, 5) is 13.7. The van der Waals surface area contributed by atoms with E-state index in [4.69, 9.17) is 4.74 Å². The molecule has 1 aromatic rings. The van der Waals surface area contributed by atoms with Crippen molar-refractivity contribution in [1.29, 1.82) is 0 Å². The molecular weight excluding hydrogens is 240 g/mol. The minimum atomic E-state index is 0.0542. The first-order chi connectivity index (χ1) is 9.11. The molecule has 0 atom stereocenters. The second-order valence-corrected chi connectivity index (χ2v) is 5.17. The first-order valence-electron chi connectivity index (χ1n) is 6.74. The molecule has 2 rings (SSSR count). The van der Waals surface area contributed by atoms with E-state index in [1.807, 2.05) is 26.2 Å². The molecule has 1 fully saturated rings. The fourth-order valence-corrected chi connectivity index (χ4v) is 2.08. The van der Waals surface area contributed by atoms with E-state index >= 15 is 0 Å². The highest BCUT2D eigenvalue weighted by molar-refractivity contribution is 5.78. The molecule has 104 valence electrons. The van der Waals surface area contributed by atoms with Crippen molar-refractivity contribution in [2.45, 2.75) is 32.4 Å². The molecule has 0 heterocycles. The van der Waals surface area contributed by atoms with Crippen LogP contribution in [0.4, 0.5) is 0 Å². The lowest BCUT2D eigenvalue weighted by Crippen LogP contribution is -2.33. The van der Waals surface area contributed by atoms with Crippen molar-refractivity contribution in [3.8, 4) is 5.75 Å². The third-order valence-corrected chi connectivity index (χ3v) is 3.42. The van der Waals surface area contributed by atoms with Gasteiger partial charge < -0.3 is 15.0 Å². The lowest BCUT2D eigenvalue weighted by molar-refractivity contribution is -0.132. The average Bonchev–Trinajstić information content (AvgIpc) is 3.21. The molecule has 0 spiro atoms. The number of carbonyl (C=O) groups excluding carboxylic acids is 1. The zero-order valence-electron chi connectivity index (χ0n) is 11.9. The van der Waals surface area contributed by atoms with Gasteiger partial charge in [0.1, 0.15) is 5.75 Å². The Morgan fingerprint density at radius 3 is 2.84 bits per heavy atom. The Morgan fingerprint density at radius 2 is 2.21 bits per heavy atom. The smallest absolute Gasteiger partial charge is 0.260 e. The minimum Gasteiger partial charge on any atom is -0.483 e. The molecule has 0 unspecified atom stereocenters. The van der Waals surface area contributed by atoms with Gasteiger partial charge >= 0.3 is 0 Å². The summed E-state index contributed by atoms with van der Waals surface area (Å²) in [6.45, 7) is 2.91. The van der Waals surface area contributed by atoms with Crippen molar-refractivity contribution in [3.05, 3.63) is 29.3 Å². The van der Waals surface area contributed by atoms with E-state index in [0.29, 0.717) is 6.04 Å². The third-order valence-electron chi connectivity index (χ3n) is 3.42. The van der Waals surface area contributed by atoms with Gasteiger partial charge in [0, 0.05) is 25.2 Å². The summed E-state index contributed by atoms with van der Waals surface area (Å²) in [5.74, 6) is 0.843. The lowest BCUT2D eigenvalue weighted by Gasteiger charge is -2.17. The number of likely N-dealkylation sites (N-methyl/N-ethyl adjacent to an activating group) is 1. The van der Waals surface area contributed by atoms with Crippen LogP contribution in [0.5, 0.6) is 5.75 Å². The maximum atomic E-state index is 11.9. The topological polar surface area (TPSA) is 41.6 Å². The first kappa shape index (κ1) is 13.9. The predicted molar refractivity (Wildman–Crippen MR) is 75.2 cm³/mol. The van der Waals surface area contributed by atoms with Crippen molar-refractivity contribution in [3.63, 3.8) is 0 Å². The Balaban J connectivity index is 1.96. The molecule has 1 aliphatic carbocycles. The second kappa shape index (κ2) is 6.06. The van der Waals surface area contributed by atoms with Gasteiger partial charge in [-0.25, -0.2) is 0 Å². The Morgan fingerprint density at radius 1 is 1.47 bits per heavy atom. The van der Waals surface area contributed by atoms with Gasteiger partial charge in [-0.1, -0.05) is 17.7 Å². The van der Waals surface area contributed by atoms with Gasteiger partial charge in [-0.05, 0) is 32.9 Å². The van der Waals surface area contributed by atoms with E-state index in [1.54, 1.807) is 4.90 Å². The number of aryl methyl sites for hydroxylation is 1. The first-order valence-corrected chi connectivity index (χ1v) is 6.74. The van der Waals surface area contributed by atoms with E-state index in [-0.39, 0.29) is 12.5 Å². The molecule has 0 aromatic heterocycles. The van der Waals surface area contributed by atoms with Crippen molar-refractivity contribution in [1.82, 2.24) is 10.2 Å². The van der Waals surface area contributed by atoms with Gasteiger partial charge in [-0.2, -0.15) is 0 Å². The number of hydrogen-bond acceptors (Lipinski definition) is 3. The molecule has 0 saturated heterocycles. The highest BCUT2D eigenvalue weighted by atomic mass is 16.5. The molecule has 1 N–H and O–H groups in total. The summed E-state index contributed by atoms with van der Waals surface area (Å²) in [6, 6.07) is 6.46. The van der Waals surface area contributed by atoms with Crippen LogP contribution < -0.4 is 10.1 Å². The molecule has 4 heteroatoms. The van der Waals surface area contributed by atoms with Crippen LogP contribution in [0.2, 0.25) is 0 Å². The van der Waals surface area contributed by atoms with Crippen LogP contribution >= 0.6 is 0 Å². The Labute approximate surface area is 114 Å². The van der Waals surface area contributed by atoms with Crippen LogP contribution in [0.25, 0.3) is 0 Å². The molecule has 1 aliphatic rings. The molecule has 19 heavy (non-hydrogen) atoms. The van der Waals surface area contributed by atoms with Crippen molar-refractivity contribution in [2.24, 2.45) is 0 Å². The summed E-state index contributed by atoms with van der Waals surface area (Å²) < 4.78 is 5.67. The summed E-state index contributed by atoms with van der Waals surface area (Å²) in [6.07, 6.45) is 2.25. The van der Waals surface area contributed by atoms with Crippen LogP contribution in [0.3, 0.4) is 0 Å². The summed E-state index contributed by atoms with van der Waals surface area (Å²) >= 11 is 0. The molecule has 0 aliphatic heterocycles. The lowest BCUT2D eigenvalue weighted by atomic mass is 10.1. The van der Waals surface area contributed by atoms with Gasteiger partial charge in [0.05, 0.1) is 0 Å². The van der Waals surface area contributed by atoms with Crippen LogP contribution in [-0.4, -0.2) is 37.6 Å². The van der Waals surface area contributed by atoms with Crippen LogP contribution in [0.15, 0.2) is 18.2 Å². The molecule has 4 nitrogen and oxygen atoms in total. The number of rotatable bonds is 6. The van der Waals surface area contributed by atoms with E-state index in [2.05, 4.69) is 18.3 Å². The monoisotopic (exact) mass is 262 g/mol. The third kappa shape index (κ3) is 3.70. The van der Waals surface area contributed by atoms with Crippen LogP contribution in [0.1, 0.15) is 24.0 Å². The number of hydrogen-bond donors (Lipinski definition) is 1. The molecular formula is C15H22N2O2. The van der Waals surface area contributed by atoms with Crippen LogP contribution in [0, 0.1) is 6.92 Å².